The number of piperazine rings is 1. The molecule has 1 saturated heterocycles. The summed E-state index contributed by atoms with van der Waals surface area (Å²) >= 11 is 0. The Morgan fingerprint density at radius 3 is 2.42 bits per heavy atom. The molecule has 0 N–H and O–H groups in total. The van der Waals surface area contributed by atoms with Crippen LogP contribution < -0.4 is 9.64 Å². The minimum atomic E-state index is 0.667. The van der Waals surface area contributed by atoms with Gasteiger partial charge in [0.25, 0.3) is 0 Å². The van der Waals surface area contributed by atoms with E-state index in [-0.39, 0.29) is 0 Å². The molecule has 1 heterocycles. The monoisotopic (exact) mass is 323 g/mol. The lowest BCUT2D eigenvalue weighted by Crippen LogP contribution is -2.44. The predicted molar refractivity (Wildman–Crippen MR) is 100 cm³/mol. The van der Waals surface area contributed by atoms with Crippen LogP contribution in [0, 0.1) is 6.92 Å². The second-order valence-corrected chi connectivity index (χ2v) is 5.99. The molecule has 0 atom stereocenters. The Balaban J connectivity index is 1.58. The van der Waals surface area contributed by atoms with E-state index in [1.54, 1.807) is 0 Å². The van der Waals surface area contributed by atoms with Gasteiger partial charge in [-0.25, -0.2) is 0 Å². The number of hydrogen-bond acceptors (Lipinski definition) is 4. The molecular weight excluding hydrogens is 298 g/mol. The van der Waals surface area contributed by atoms with Crippen LogP contribution in [0.25, 0.3) is 0 Å². The van der Waals surface area contributed by atoms with Crippen LogP contribution in [0.4, 0.5) is 5.69 Å². The SMILES string of the molecule is CCOc1ccccc1/C=N/N1CCN(c2ccc(C)cc2)CC1. The van der Waals surface area contributed by atoms with Crippen LogP contribution in [-0.4, -0.2) is 44.0 Å². The van der Waals surface area contributed by atoms with Gasteiger partial charge in [0.15, 0.2) is 0 Å². The van der Waals surface area contributed by atoms with Crippen molar-refractivity contribution < 1.29 is 4.74 Å². The van der Waals surface area contributed by atoms with E-state index in [2.05, 4.69) is 46.2 Å². The van der Waals surface area contributed by atoms with Crippen LogP contribution in [0.3, 0.4) is 0 Å². The summed E-state index contributed by atoms with van der Waals surface area (Å²) in [6, 6.07) is 16.8. The number of anilines is 1. The summed E-state index contributed by atoms with van der Waals surface area (Å²) < 4.78 is 5.64. The molecule has 0 saturated carbocycles. The molecule has 1 aliphatic heterocycles. The molecule has 1 aliphatic rings. The number of para-hydroxylation sites is 1. The minimum Gasteiger partial charge on any atom is -0.493 e. The van der Waals surface area contributed by atoms with Crippen molar-refractivity contribution in [3.63, 3.8) is 0 Å². The molecule has 2 aromatic carbocycles. The molecule has 0 radical (unpaired) electrons. The predicted octanol–water partition coefficient (Wildman–Crippen LogP) is 3.55. The van der Waals surface area contributed by atoms with Crippen LogP contribution in [-0.2, 0) is 0 Å². The van der Waals surface area contributed by atoms with Gasteiger partial charge in [-0.1, -0.05) is 29.8 Å². The second-order valence-electron chi connectivity index (χ2n) is 5.99. The van der Waals surface area contributed by atoms with Crippen LogP contribution >= 0.6 is 0 Å². The van der Waals surface area contributed by atoms with Crippen molar-refractivity contribution >= 4 is 11.9 Å². The first-order chi connectivity index (χ1) is 11.8. The molecule has 0 unspecified atom stereocenters. The Morgan fingerprint density at radius 1 is 1.00 bits per heavy atom. The lowest BCUT2D eigenvalue weighted by molar-refractivity contribution is 0.272. The van der Waals surface area contributed by atoms with Crippen LogP contribution in [0.1, 0.15) is 18.1 Å². The fourth-order valence-corrected chi connectivity index (χ4v) is 2.84. The number of benzene rings is 2. The first kappa shape index (κ1) is 16.4. The topological polar surface area (TPSA) is 28.1 Å². The van der Waals surface area contributed by atoms with E-state index >= 15 is 0 Å². The zero-order chi connectivity index (χ0) is 16.8. The Hall–Kier alpha value is -2.49. The van der Waals surface area contributed by atoms with E-state index in [0.29, 0.717) is 6.61 Å². The van der Waals surface area contributed by atoms with Gasteiger partial charge in [-0.15, -0.1) is 0 Å². The molecule has 0 aliphatic carbocycles. The number of ether oxygens (including phenoxy) is 1. The second kappa shape index (κ2) is 7.86. The van der Waals surface area contributed by atoms with Crippen molar-refractivity contribution in [3.8, 4) is 5.75 Å². The molecule has 3 rings (SSSR count). The third-order valence-corrected chi connectivity index (χ3v) is 4.23. The molecule has 0 aromatic heterocycles. The fourth-order valence-electron chi connectivity index (χ4n) is 2.84. The fraction of sp³-hybridized carbons (Fsp3) is 0.350. The van der Waals surface area contributed by atoms with Gasteiger partial charge in [0.1, 0.15) is 5.75 Å². The molecule has 0 spiro atoms. The van der Waals surface area contributed by atoms with Gasteiger partial charge in [-0.3, -0.25) is 5.01 Å². The van der Waals surface area contributed by atoms with Crippen LogP contribution in [0.15, 0.2) is 53.6 Å². The largest absolute Gasteiger partial charge is 0.493 e. The Bertz CT molecular complexity index is 674. The van der Waals surface area contributed by atoms with Gasteiger partial charge in [-0.05, 0) is 38.1 Å². The highest BCUT2D eigenvalue weighted by atomic mass is 16.5. The average Bonchev–Trinajstić information content (AvgIpc) is 2.62. The normalized spacial score (nSPS) is 15.1. The Morgan fingerprint density at radius 2 is 1.71 bits per heavy atom. The van der Waals surface area contributed by atoms with Crippen LogP contribution in [0.2, 0.25) is 0 Å². The number of nitrogens with zero attached hydrogens (tertiary/aromatic N) is 3. The molecule has 126 valence electrons. The summed E-state index contributed by atoms with van der Waals surface area (Å²) in [5.74, 6) is 0.891. The summed E-state index contributed by atoms with van der Waals surface area (Å²) in [5, 5.41) is 6.77. The standard InChI is InChI=1S/C20H25N3O/c1-3-24-20-7-5-4-6-18(20)16-21-23-14-12-22(13-15-23)19-10-8-17(2)9-11-19/h4-11,16H,3,12-15H2,1-2H3/b21-16+. The molecule has 4 heteroatoms. The molecule has 2 aromatic rings. The number of hydrazone groups is 1. The maximum atomic E-state index is 5.64. The molecule has 1 fully saturated rings. The van der Waals surface area contributed by atoms with Crippen molar-refractivity contribution in [2.45, 2.75) is 13.8 Å². The number of aryl methyl sites for hydroxylation is 1. The third-order valence-electron chi connectivity index (χ3n) is 4.23. The van der Waals surface area contributed by atoms with E-state index in [0.717, 1.165) is 37.5 Å². The smallest absolute Gasteiger partial charge is 0.128 e. The van der Waals surface area contributed by atoms with Gasteiger partial charge < -0.3 is 9.64 Å². The molecule has 0 amide bonds. The van der Waals surface area contributed by atoms with E-state index < -0.39 is 0 Å². The summed E-state index contributed by atoms with van der Waals surface area (Å²) in [6.45, 7) is 8.64. The van der Waals surface area contributed by atoms with E-state index in [9.17, 15) is 0 Å². The lowest BCUT2D eigenvalue weighted by atomic mass is 10.2. The highest BCUT2D eigenvalue weighted by Crippen LogP contribution is 2.18. The Labute approximate surface area is 144 Å². The summed E-state index contributed by atoms with van der Waals surface area (Å²) in [4.78, 5) is 2.42. The van der Waals surface area contributed by atoms with Gasteiger partial charge >= 0.3 is 0 Å². The number of rotatable bonds is 5. The quantitative estimate of drug-likeness (QED) is 0.788. The molecular formula is C20H25N3O. The van der Waals surface area contributed by atoms with Gasteiger partial charge in [0.2, 0.25) is 0 Å². The summed E-state index contributed by atoms with van der Waals surface area (Å²) in [7, 11) is 0. The van der Waals surface area contributed by atoms with Crippen molar-refractivity contribution in [3.05, 3.63) is 59.7 Å². The lowest BCUT2D eigenvalue weighted by Gasteiger charge is -2.34. The summed E-state index contributed by atoms with van der Waals surface area (Å²) in [6.07, 6.45) is 1.91. The maximum absolute atomic E-state index is 5.64. The van der Waals surface area contributed by atoms with E-state index in [1.165, 1.54) is 11.3 Å². The summed E-state index contributed by atoms with van der Waals surface area (Å²) in [5.41, 5.74) is 3.63. The van der Waals surface area contributed by atoms with Crippen molar-refractivity contribution in [2.24, 2.45) is 5.10 Å². The molecule has 0 bridgehead atoms. The molecule has 4 nitrogen and oxygen atoms in total. The first-order valence-electron chi connectivity index (χ1n) is 8.58. The van der Waals surface area contributed by atoms with E-state index in [1.807, 2.05) is 37.4 Å². The van der Waals surface area contributed by atoms with E-state index in [4.69, 9.17) is 4.74 Å². The maximum Gasteiger partial charge on any atom is 0.128 e. The van der Waals surface area contributed by atoms with Crippen molar-refractivity contribution in [1.82, 2.24) is 5.01 Å². The number of hydrogen-bond donors (Lipinski definition) is 0. The Kier molecular flexibility index (Phi) is 5.36. The average molecular weight is 323 g/mol. The highest BCUT2D eigenvalue weighted by Gasteiger charge is 2.15. The minimum absolute atomic E-state index is 0.667. The van der Waals surface area contributed by atoms with Gasteiger partial charge in [-0.2, -0.15) is 5.10 Å². The molecule has 24 heavy (non-hydrogen) atoms. The highest BCUT2D eigenvalue weighted by molar-refractivity contribution is 5.83. The zero-order valence-electron chi connectivity index (χ0n) is 14.5. The van der Waals surface area contributed by atoms with Gasteiger partial charge in [0, 0.05) is 24.3 Å². The van der Waals surface area contributed by atoms with Crippen molar-refractivity contribution in [1.29, 1.82) is 0 Å². The van der Waals surface area contributed by atoms with Crippen molar-refractivity contribution in [2.75, 3.05) is 37.7 Å². The first-order valence-corrected chi connectivity index (χ1v) is 8.58. The third kappa shape index (κ3) is 4.07. The van der Waals surface area contributed by atoms with Gasteiger partial charge in [0.05, 0.1) is 25.9 Å². The van der Waals surface area contributed by atoms with Crippen LogP contribution in [0.5, 0.6) is 5.75 Å². The zero-order valence-corrected chi connectivity index (χ0v) is 14.5.